The topological polar surface area (TPSA) is 61.8 Å². The van der Waals surface area contributed by atoms with E-state index in [9.17, 15) is 8.42 Å². The maximum Gasteiger partial charge on any atom is 0.193 e. The van der Waals surface area contributed by atoms with Crippen LogP contribution in [0, 0.1) is 5.92 Å². The molecule has 23 heavy (non-hydrogen) atoms. The van der Waals surface area contributed by atoms with Crippen LogP contribution in [0.3, 0.4) is 0 Å². The van der Waals surface area contributed by atoms with E-state index in [1.54, 1.807) is 0 Å². The first-order valence-corrected chi connectivity index (χ1v) is 10.3. The molecule has 1 aliphatic heterocycles. The first kappa shape index (κ1) is 17.8. The molecule has 6 heteroatoms. The molecule has 0 spiro atoms. The fourth-order valence-corrected chi connectivity index (χ4v) is 3.31. The number of hydrogen-bond acceptors (Lipinski definition) is 3. The Morgan fingerprint density at radius 1 is 1.35 bits per heavy atom. The Bertz CT molecular complexity index is 614. The van der Waals surface area contributed by atoms with Crippen LogP contribution in [0.4, 0.5) is 0 Å². The van der Waals surface area contributed by atoms with Crippen LogP contribution in [-0.4, -0.2) is 57.5 Å². The van der Waals surface area contributed by atoms with Crippen LogP contribution in [0.5, 0.6) is 0 Å². The van der Waals surface area contributed by atoms with Crippen molar-refractivity contribution in [3.63, 3.8) is 0 Å². The summed E-state index contributed by atoms with van der Waals surface area (Å²) in [5.74, 6) is 1.56. The van der Waals surface area contributed by atoms with Gasteiger partial charge >= 0.3 is 0 Å². The molecule has 128 valence electrons. The smallest absolute Gasteiger partial charge is 0.193 e. The van der Waals surface area contributed by atoms with Crippen LogP contribution in [0.2, 0.25) is 0 Å². The van der Waals surface area contributed by atoms with E-state index >= 15 is 0 Å². The standard InChI is InChI=1S/C17H27N3O2S/c1-3-18-17(19-10-12-23(2,21)22)20-11-9-16(14-20)13-15-7-5-4-6-8-15/h4-8,16H,3,9-14H2,1-2H3,(H,18,19). The number of hydrogen-bond donors (Lipinski definition) is 1. The maximum absolute atomic E-state index is 11.2. The number of guanidine groups is 1. The first-order valence-electron chi connectivity index (χ1n) is 8.23. The molecule has 0 aromatic heterocycles. The van der Waals surface area contributed by atoms with Gasteiger partial charge in [-0.2, -0.15) is 0 Å². The summed E-state index contributed by atoms with van der Waals surface area (Å²) in [5.41, 5.74) is 1.37. The highest BCUT2D eigenvalue weighted by molar-refractivity contribution is 7.90. The van der Waals surface area contributed by atoms with Crippen LogP contribution in [-0.2, 0) is 16.3 Å². The molecule has 0 aliphatic carbocycles. The summed E-state index contributed by atoms with van der Waals surface area (Å²) in [6.45, 7) is 5.09. The summed E-state index contributed by atoms with van der Waals surface area (Å²) >= 11 is 0. The average molecular weight is 337 g/mol. The molecule has 1 fully saturated rings. The molecule has 2 rings (SSSR count). The number of likely N-dealkylation sites (tertiary alicyclic amines) is 1. The van der Waals surface area contributed by atoms with E-state index in [1.807, 2.05) is 13.0 Å². The largest absolute Gasteiger partial charge is 0.357 e. The number of aliphatic imine (C=N–C) groups is 1. The van der Waals surface area contributed by atoms with Gasteiger partial charge in [0.25, 0.3) is 0 Å². The second-order valence-corrected chi connectivity index (χ2v) is 8.42. The zero-order chi connectivity index (χ0) is 16.7. The zero-order valence-electron chi connectivity index (χ0n) is 14.0. The molecule has 5 nitrogen and oxygen atoms in total. The van der Waals surface area contributed by atoms with E-state index in [2.05, 4.69) is 39.5 Å². The molecule has 1 aliphatic rings. The van der Waals surface area contributed by atoms with Crippen LogP contribution < -0.4 is 5.32 Å². The van der Waals surface area contributed by atoms with Crippen molar-refractivity contribution in [1.82, 2.24) is 10.2 Å². The second-order valence-electron chi connectivity index (χ2n) is 6.16. The predicted molar refractivity (Wildman–Crippen MR) is 95.5 cm³/mol. The minimum Gasteiger partial charge on any atom is -0.357 e. The van der Waals surface area contributed by atoms with Crippen molar-refractivity contribution in [2.45, 2.75) is 19.8 Å². The predicted octanol–water partition coefficient (Wildman–Crippen LogP) is 1.56. The Labute approximate surface area is 139 Å². The second kappa shape index (κ2) is 8.34. The van der Waals surface area contributed by atoms with Crippen LogP contribution in [0.1, 0.15) is 18.9 Å². The fraction of sp³-hybridized carbons (Fsp3) is 0.588. The van der Waals surface area contributed by atoms with Gasteiger partial charge in [-0.05, 0) is 31.2 Å². The summed E-state index contributed by atoms with van der Waals surface area (Å²) in [5, 5.41) is 3.28. The Balaban J connectivity index is 1.92. The van der Waals surface area contributed by atoms with Gasteiger partial charge in [-0.1, -0.05) is 30.3 Å². The lowest BCUT2D eigenvalue weighted by atomic mass is 9.99. The lowest BCUT2D eigenvalue weighted by molar-refractivity contribution is 0.460. The Morgan fingerprint density at radius 3 is 2.74 bits per heavy atom. The number of sulfone groups is 1. The Kier molecular flexibility index (Phi) is 6.45. The van der Waals surface area contributed by atoms with Gasteiger partial charge in [0, 0.05) is 25.9 Å². The van der Waals surface area contributed by atoms with Crippen molar-refractivity contribution < 1.29 is 8.42 Å². The minimum absolute atomic E-state index is 0.100. The normalized spacial score (nSPS) is 19.1. The lowest BCUT2D eigenvalue weighted by Gasteiger charge is -2.21. The van der Waals surface area contributed by atoms with E-state index in [0.717, 1.165) is 38.4 Å². The number of benzene rings is 1. The van der Waals surface area contributed by atoms with E-state index in [4.69, 9.17) is 0 Å². The van der Waals surface area contributed by atoms with Gasteiger partial charge in [0.05, 0.1) is 12.3 Å². The molecule has 0 bridgehead atoms. The maximum atomic E-state index is 11.2. The Morgan fingerprint density at radius 2 is 2.09 bits per heavy atom. The third-order valence-electron chi connectivity index (χ3n) is 4.01. The van der Waals surface area contributed by atoms with Gasteiger partial charge in [-0.15, -0.1) is 0 Å². The van der Waals surface area contributed by atoms with Crippen molar-refractivity contribution in [3.8, 4) is 0 Å². The minimum atomic E-state index is -2.96. The van der Waals surface area contributed by atoms with E-state index in [1.165, 1.54) is 11.8 Å². The van der Waals surface area contributed by atoms with E-state index < -0.39 is 9.84 Å². The molecule has 0 amide bonds. The molecule has 0 saturated carbocycles. The molecule has 1 heterocycles. The molecule has 1 saturated heterocycles. The van der Waals surface area contributed by atoms with Crippen molar-refractivity contribution in [1.29, 1.82) is 0 Å². The fourth-order valence-electron chi connectivity index (χ4n) is 2.88. The molecule has 1 atom stereocenters. The molecular weight excluding hydrogens is 310 g/mol. The molecule has 1 aromatic rings. The molecule has 0 radical (unpaired) electrons. The SMILES string of the molecule is CCNC(=NCCS(C)(=O)=O)N1CCC(Cc2ccccc2)C1. The summed E-state index contributed by atoms with van der Waals surface area (Å²) in [6, 6.07) is 10.6. The van der Waals surface area contributed by atoms with Gasteiger partial charge in [-0.3, -0.25) is 4.99 Å². The van der Waals surface area contributed by atoms with Crippen LogP contribution in [0.25, 0.3) is 0 Å². The lowest BCUT2D eigenvalue weighted by Crippen LogP contribution is -2.40. The highest BCUT2D eigenvalue weighted by Gasteiger charge is 2.24. The average Bonchev–Trinajstić information content (AvgIpc) is 2.94. The van der Waals surface area contributed by atoms with Crippen LogP contribution >= 0.6 is 0 Å². The first-order chi connectivity index (χ1) is 11.0. The van der Waals surface area contributed by atoms with Gasteiger partial charge in [-0.25, -0.2) is 8.42 Å². The highest BCUT2D eigenvalue weighted by Crippen LogP contribution is 2.20. The molecule has 1 N–H and O–H groups in total. The van der Waals surface area contributed by atoms with E-state index in [0.29, 0.717) is 12.5 Å². The summed E-state index contributed by atoms with van der Waals surface area (Å²) in [4.78, 5) is 6.72. The van der Waals surface area contributed by atoms with Gasteiger partial charge in [0.15, 0.2) is 5.96 Å². The van der Waals surface area contributed by atoms with Crippen molar-refractivity contribution in [2.24, 2.45) is 10.9 Å². The van der Waals surface area contributed by atoms with Gasteiger partial charge in [0.1, 0.15) is 9.84 Å². The van der Waals surface area contributed by atoms with Gasteiger partial charge in [0.2, 0.25) is 0 Å². The highest BCUT2D eigenvalue weighted by atomic mass is 32.2. The third kappa shape index (κ3) is 6.22. The summed E-state index contributed by atoms with van der Waals surface area (Å²) in [6.07, 6.45) is 3.48. The molecule has 1 aromatic carbocycles. The quantitative estimate of drug-likeness (QED) is 0.632. The molecule has 1 unspecified atom stereocenters. The summed E-state index contributed by atoms with van der Waals surface area (Å²) < 4.78 is 22.5. The van der Waals surface area contributed by atoms with E-state index in [-0.39, 0.29) is 5.75 Å². The van der Waals surface area contributed by atoms with Crippen molar-refractivity contribution in [3.05, 3.63) is 35.9 Å². The zero-order valence-corrected chi connectivity index (χ0v) is 14.8. The number of nitrogens with zero attached hydrogens (tertiary/aromatic N) is 2. The monoisotopic (exact) mass is 337 g/mol. The number of rotatable bonds is 6. The van der Waals surface area contributed by atoms with Crippen LogP contribution in [0.15, 0.2) is 35.3 Å². The third-order valence-corrected chi connectivity index (χ3v) is 4.94. The summed E-state index contributed by atoms with van der Waals surface area (Å²) in [7, 11) is -2.96. The van der Waals surface area contributed by atoms with Crippen molar-refractivity contribution >= 4 is 15.8 Å². The molecular formula is C17H27N3O2S. The number of nitrogens with one attached hydrogen (secondary N) is 1. The van der Waals surface area contributed by atoms with Gasteiger partial charge < -0.3 is 10.2 Å². The Hall–Kier alpha value is -1.56. The van der Waals surface area contributed by atoms with Crippen molar-refractivity contribution in [2.75, 3.05) is 38.2 Å².